The molecule has 20 heteroatoms. The molecule has 1 aromatic carbocycles. The number of rotatable bonds is 18. The predicted octanol–water partition coefficient (Wildman–Crippen LogP) is -1.45. The number of amides is 3. The topological polar surface area (TPSA) is 315 Å². The number of nitrogen functional groups attached to an aromatic ring is 1. The van der Waals surface area contributed by atoms with Crippen LogP contribution in [0.15, 0.2) is 35.3 Å². The number of nitrogens with zero attached hydrogens (tertiary/aromatic N) is 3. The first kappa shape index (κ1) is 37.8. The van der Waals surface area contributed by atoms with Crippen LogP contribution in [0.4, 0.5) is 11.6 Å². The molecule has 0 aliphatic heterocycles. The standard InChI is InChI=1S/C29H36N10O9S/c1-13(23(41)37-20(12-49)28(47)48)34-25(43)18(30)8-6-17(40)7-9-19(27(45)46)36-24(42)14-2-4-15(5-3-14)32-10-16-11-33-22-21(35-16)26(44)39-29(31)38-22/h2-5,11,13,18-20,32,49H,6-10,12,30H2,1H3,(H,34,43)(H,36,42)(H,37,41)(H,45,46)(H,47,48)(H3,31,33,38,39,44). The molecule has 0 aliphatic rings. The number of anilines is 2. The summed E-state index contributed by atoms with van der Waals surface area (Å²) in [5.74, 6) is -5.46. The van der Waals surface area contributed by atoms with Gasteiger partial charge >= 0.3 is 11.9 Å². The number of fused-ring (bicyclic) bond motifs is 1. The van der Waals surface area contributed by atoms with Gasteiger partial charge in [-0.25, -0.2) is 19.6 Å². The van der Waals surface area contributed by atoms with E-state index < -0.39 is 65.2 Å². The Balaban J connectivity index is 1.44. The monoisotopic (exact) mass is 700 g/mol. The number of thiol groups is 1. The molecule has 0 saturated carbocycles. The first-order valence-corrected chi connectivity index (χ1v) is 15.4. The van der Waals surface area contributed by atoms with Crippen molar-refractivity contribution in [2.45, 2.75) is 63.3 Å². The van der Waals surface area contributed by atoms with Crippen molar-refractivity contribution in [3.05, 3.63) is 52.1 Å². The highest BCUT2D eigenvalue weighted by atomic mass is 32.1. The first-order valence-electron chi connectivity index (χ1n) is 14.8. The lowest BCUT2D eigenvalue weighted by atomic mass is 10.0. The van der Waals surface area contributed by atoms with Gasteiger partial charge in [0.05, 0.1) is 24.5 Å². The Morgan fingerprint density at radius 2 is 1.57 bits per heavy atom. The van der Waals surface area contributed by atoms with Gasteiger partial charge in [0, 0.05) is 29.8 Å². The van der Waals surface area contributed by atoms with Crippen LogP contribution in [-0.2, 0) is 30.5 Å². The molecule has 49 heavy (non-hydrogen) atoms. The fourth-order valence-corrected chi connectivity index (χ4v) is 4.48. The van der Waals surface area contributed by atoms with Crippen LogP contribution in [0.3, 0.4) is 0 Å². The maximum atomic E-state index is 12.7. The maximum Gasteiger partial charge on any atom is 0.327 e. The summed E-state index contributed by atoms with van der Waals surface area (Å²) in [4.78, 5) is 99.1. The molecule has 0 bridgehead atoms. The number of carbonyl (C=O) groups is 6. The molecule has 0 saturated heterocycles. The number of nitrogens with one attached hydrogen (secondary N) is 5. The molecular formula is C29H36N10O9S. The van der Waals surface area contributed by atoms with Crippen LogP contribution in [-0.4, -0.2) is 95.5 Å². The molecule has 2 aromatic heterocycles. The summed E-state index contributed by atoms with van der Waals surface area (Å²) < 4.78 is 0. The Bertz CT molecular complexity index is 1770. The highest BCUT2D eigenvalue weighted by Gasteiger charge is 2.26. The number of H-pyrrole nitrogens is 1. The number of ketones is 1. The largest absolute Gasteiger partial charge is 0.480 e. The van der Waals surface area contributed by atoms with E-state index >= 15 is 0 Å². The van der Waals surface area contributed by atoms with Crippen LogP contribution in [0.1, 0.15) is 48.7 Å². The number of aliphatic carboxylic acids is 2. The second-order valence-corrected chi connectivity index (χ2v) is 11.2. The van der Waals surface area contributed by atoms with Crippen molar-refractivity contribution in [3.63, 3.8) is 0 Å². The molecule has 3 amide bonds. The Morgan fingerprint density at radius 1 is 0.918 bits per heavy atom. The van der Waals surface area contributed by atoms with Crippen LogP contribution >= 0.6 is 12.6 Å². The van der Waals surface area contributed by atoms with Gasteiger partial charge in [0.1, 0.15) is 23.9 Å². The van der Waals surface area contributed by atoms with Gasteiger partial charge in [-0.1, -0.05) is 0 Å². The highest BCUT2D eigenvalue weighted by molar-refractivity contribution is 7.80. The molecule has 19 nitrogen and oxygen atoms in total. The van der Waals surface area contributed by atoms with Crippen molar-refractivity contribution in [2.75, 3.05) is 16.8 Å². The van der Waals surface area contributed by atoms with Crippen LogP contribution < -0.4 is 38.3 Å². The predicted molar refractivity (Wildman–Crippen MR) is 177 cm³/mol. The number of nitrogens with two attached hydrogens (primary N) is 2. The van der Waals surface area contributed by atoms with E-state index in [-0.39, 0.29) is 60.7 Å². The zero-order valence-corrected chi connectivity index (χ0v) is 27.0. The minimum absolute atomic E-state index is 0.0268. The average molecular weight is 701 g/mol. The smallest absolute Gasteiger partial charge is 0.327 e. The minimum atomic E-state index is -1.38. The van der Waals surface area contributed by atoms with Gasteiger partial charge in [0.15, 0.2) is 11.2 Å². The lowest BCUT2D eigenvalue weighted by Crippen LogP contribution is -2.53. The van der Waals surface area contributed by atoms with Crippen molar-refractivity contribution in [3.8, 4) is 0 Å². The Hall–Kier alpha value is -5.63. The van der Waals surface area contributed by atoms with E-state index in [0.29, 0.717) is 11.4 Å². The van der Waals surface area contributed by atoms with Crippen LogP contribution in [0, 0.1) is 0 Å². The van der Waals surface area contributed by atoms with Gasteiger partial charge in [0.2, 0.25) is 17.8 Å². The molecule has 2 heterocycles. The van der Waals surface area contributed by atoms with E-state index in [1.165, 1.54) is 25.3 Å². The number of hydrogen-bond donors (Lipinski definition) is 10. The average Bonchev–Trinajstić information content (AvgIpc) is 3.06. The van der Waals surface area contributed by atoms with Crippen LogP contribution in [0.25, 0.3) is 11.2 Å². The fourth-order valence-electron chi connectivity index (χ4n) is 4.23. The van der Waals surface area contributed by atoms with E-state index in [4.69, 9.17) is 16.6 Å². The molecule has 262 valence electrons. The van der Waals surface area contributed by atoms with Crippen LogP contribution in [0.5, 0.6) is 0 Å². The summed E-state index contributed by atoms with van der Waals surface area (Å²) in [6, 6.07) is 1.19. The third-order valence-electron chi connectivity index (χ3n) is 7.04. The van der Waals surface area contributed by atoms with E-state index in [1.807, 2.05) is 0 Å². The normalized spacial score (nSPS) is 13.4. The zero-order chi connectivity index (χ0) is 36.2. The summed E-state index contributed by atoms with van der Waals surface area (Å²) in [5.41, 5.74) is 12.1. The number of aromatic amines is 1. The lowest BCUT2D eigenvalue weighted by Gasteiger charge is -2.19. The van der Waals surface area contributed by atoms with Crippen LogP contribution in [0.2, 0.25) is 0 Å². The van der Waals surface area contributed by atoms with Crippen molar-refractivity contribution in [1.82, 2.24) is 35.9 Å². The van der Waals surface area contributed by atoms with E-state index in [2.05, 4.69) is 53.8 Å². The summed E-state index contributed by atoms with van der Waals surface area (Å²) in [5, 5.41) is 28.6. The molecule has 0 fully saturated rings. The Kier molecular flexibility index (Phi) is 13.5. The molecule has 11 N–H and O–H groups in total. The molecular weight excluding hydrogens is 664 g/mol. The van der Waals surface area contributed by atoms with Crippen molar-refractivity contribution in [2.24, 2.45) is 5.73 Å². The second-order valence-electron chi connectivity index (χ2n) is 10.8. The second kappa shape index (κ2) is 17.5. The van der Waals surface area contributed by atoms with Gasteiger partial charge in [-0.05, 0) is 44.0 Å². The SMILES string of the molecule is CC(NC(=O)C(N)CCC(=O)CCC(NC(=O)c1ccc(NCc2cnc3nc(N)[nH]c(=O)c3n2)cc1)C(=O)O)C(=O)NC(CS)C(=O)O. The number of benzene rings is 1. The van der Waals surface area contributed by atoms with Crippen molar-refractivity contribution >= 4 is 70.9 Å². The lowest BCUT2D eigenvalue weighted by molar-refractivity contribution is -0.141. The van der Waals surface area contributed by atoms with Crippen molar-refractivity contribution in [1.29, 1.82) is 0 Å². The van der Waals surface area contributed by atoms with E-state index in [0.717, 1.165) is 0 Å². The van der Waals surface area contributed by atoms with Gasteiger partial charge in [-0.15, -0.1) is 0 Å². The molecule has 3 rings (SSSR count). The zero-order valence-electron chi connectivity index (χ0n) is 26.1. The summed E-state index contributed by atoms with van der Waals surface area (Å²) >= 11 is 3.85. The first-order chi connectivity index (χ1) is 23.2. The molecule has 0 radical (unpaired) electrons. The number of aromatic nitrogens is 4. The minimum Gasteiger partial charge on any atom is -0.480 e. The molecule has 0 spiro atoms. The number of Topliss-reactive ketones (excluding diaryl/α,β-unsaturated/α-hetero) is 1. The quantitative estimate of drug-likeness (QED) is 0.0679. The fraction of sp³-hybridized carbons (Fsp3) is 0.379. The number of hydrogen-bond acceptors (Lipinski definition) is 14. The maximum absolute atomic E-state index is 12.7. The molecule has 0 aliphatic carbocycles. The summed E-state index contributed by atoms with van der Waals surface area (Å²) in [6.07, 6.45) is 0.723. The summed E-state index contributed by atoms with van der Waals surface area (Å²) in [6.45, 7) is 1.52. The number of carboxylic acid groups (broad SMARTS) is 2. The molecule has 3 aromatic rings. The van der Waals surface area contributed by atoms with Crippen molar-refractivity contribution < 1.29 is 39.0 Å². The Morgan fingerprint density at radius 3 is 2.20 bits per heavy atom. The number of carboxylic acids is 2. The van der Waals surface area contributed by atoms with Gasteiger partial charge in [0.25, 0.3) is 11.5 Å². The molecule has 4 unspecified atom stereocenters. The third-order valence-corrected chi connectivity index (χ3v) is 7.41. The van der Waals surface area contributed by atoms with Gasteiger partial charge < -0.3 is 42.9 Å². The van der Waals surface area contributed by atoms with E-state index in [9.17, 15) is 38.7 Å². The highest BCUT2D eigenvalue weighted by Crippen LogP contribution is 2.13. The van der Waals surface area contributed by atoms with E-state index in [1.54, 1.807) is 12.1 Å². The van der Waals surface area contributed by atoms with Gasteiger partial charge in [-0.3, -0.25) is 29.0 Å². The Labute approximate surface area is 283 Å². The summed E-state index contributed by atoms with van der Waals surface area (Å²) in [7, 11) is 0. The van der Waals surface area contributed by atoms with Gasteiger partial charge in [-0.2, -0.15) is 17.6 Å². The third kappa shape index (κ3) is 11.2. The number of carbonyl (C=O) groups excluding carboxylic acids is 4. The molecule has 4 atom stereocenters.